The van der Waals surface area contributed by atoms with Gasteiger partial charge in [-0.1, -0.05) is 11.6 Å². The summed E-state index contributed by atoms with van der Waals surface area (Å²) in [5.41, 5.74) is 5.74. The molecule has 2 heterocycles. The Morgan fingerprint density at radius 2 is 2.41 bits per heavy atom. The summed E-state index contributed by atoms with van der Waals surface area (Å²) in [6.45, 7) is 0.322. The van der Waals surface area contributed by atoms with Crippen molar-refractivity contribution in [2.75, 3.05) is 5.32 Å². The Balaban J connectivity index is 2.14. The molecule has 1 amide bonds. The van der Waals surface area contributed by atoms with Crippen molar-refractivity contribution < 1.29 is 4.79 Å². The molecule has 5 nitrogen and oxygen atoms in total. The molecule has 2 aromatic heterocycles. The molecule has 0 fully saturated rings. The summed E-state index contributed by atoms with van der Waals surface area (Å²) >= 11 is 7.22. The molecular weight excluding hydrogens is 260 g/mol. The highest BCUT2D eigenvalue weighted by atomic mass is 35.5. The lowest BCUT2D eigenvalue weighted by Crippen LogP contribution is -2.14. The lowest BCUT2D eigenvalue weighted by Gasteiger charge is -2.03. The zero-order valence-electron chi connectivity index (χ0n) is 8.68. The average Bonchev–Trinajstić information content (AvgIpc) is 2.81. The highest BCUT2D eigenvalue weighted by Crippen LogP contribution is 2.18. The monoisotopic (exact) mass is 268 g/mol. The van der Waals surface area contributed by atoms with Crippen LogP contribution in [-0.4, -0.2) is 15.9 Å². The molecule has 0 saturated carbocycles. The van der Waals surface area contributed by atoms with Crippen molar-refractivity contribution in [3.05, 3.63) is 39.4 Å². The quantitative estimate of drug-likeness (QED) is 0.891. The summed E-state index contributed by atoms with van der Waals surface area (Å²) in [5.74, 6) is -0.0250. The normalized spacial score (nSPS) is 10.2. The number of nitrogens with one attached hydrogen (secondary N) is 1. The summed E-state index contributed by atoms with van der Waals surface area (Å²) in [4.78, 5) is 19.8. The van der Waals surface area contributed by atoms with Gasteiger partial charge in [-0.25, -0.2) is 9.97 Å². The Hall–Kier alpha value is -1.50. The molecule has 0 aliphatic rings. The Morgan fingerprint density at radius 1 is 1.59 bits per heavy atom. The van der Waals surface area contributed by atoms with Crippen LogP contribution in [0, 0.1) is 0 Å². The van der Waals surface area contributed by atoms with E-state index < -0.39 is 0 Å². The summed E-state index contributed by atoms with van der Waals surface area (Å²) < 4.78 is 0. The molecule has 0 aliphatic carbocycles. The number of nitrogens with two attached hydrogens (primary N) is 1. The van der Waals surface area contributed by atoms with Crippen molar-refractivity contribution >= 4 is 34.7 Å². The molecule has 3 N–H and O–H groups in total. The van der Waals surface area contributed by atoms with Gasteiger partial charge >= 0.3 is 0 Å². The molecule has 2 rings (SSSR count). The molecule has 7 heteroatoms. The van der Waals surface area contributed by atoms with Crippen molar-refractivity contribution in [2.24, 2.45) is 5.73 Å². The smallest absolute Gasteiger partial charge is 0.276 e. The van der Waals surface area contributed by atoms with E-state index in [1.54, 1.807) is 23.7 Å². The van der Waals surface area contributed by atoms with E-state index in [9.17, 15) is 4.79 Å². The third kappa shape index (κ3) is 2.79. The maximum absolute atomic E-state index is 11.8. The molecule has 88 valence electrons. The second-order valence-corrected chi connectivity index (χ2v) is 4.47. The van der Waals surface area contributed by atoms with Gasteiger partial charge < -0.3 is 11.1 Å². The minimum atomic E-state index is -0.346. The zero-order chi connectivity index (χ0) is 12.3. The van der Waals surface area contributed by atoms with Crippen LogP contribution in [0.15, 0.2) is 23.7 Å². The number of pyridine rings is 1. The molecule has 0 radical (unpaired) electrons. The Morgan fingerprint density at radius 3 is 3.06 bits per heavy atom. The zero-order valence-corrected chi connectivity index (χ0v) is 10.3. The van der Waals surface area contributed by atoms with Crippen LogP contribution in [-0.2, 0) is 6.54 Å². The number of amides is 1. The Kier molecular flexibility index (Phi) is 3.68. The highest BCUT2D eigenvalue weighted by Gasteiger charge is 2.12. The number of carbonyl (C=O) groups is 1. The second-order valence-electron chi connectivity index (χ2n) is 3.12. The summed E-state index contributed by atoms with van der Waals surface area (Å²) in [7, 11) is 0. The topological polar surface area (TPSA) is 80.9 Å². The molecule has 0 spiro atoms. The van der Waals surface area contributed by atoms with Gasteiger partial charge in [-0.3, -0.25) is 4.79 Å². The molecule has 0 aromatic carbocycles. The minimum absolute atomic E-state index is 0.317. The van der Waals surface area contributed by atoms with E-state index in [1.807, 2.05) is 0 Å². The van der Waals surface area contributed by atoms with Crippen molar-refractivity contribution in [2.45, 2.75) is 6.54 Å². The first kappa shape index (κ1) is 12.0. The maximum Gasteiger partial charge on any atom is 0.276 e. The van der Waals surface area contributed by atoms with Crippen LogP contribution in [0.5, 0.6) is 0 Å². The number of aromatic nitrogens is 2. The average molecular weight is 269 g/mol. The summed E-state index contributed by atoms with van der Waals surface area (Å²) in [6.07, 6.45) is 1.55. The van der Waals surface area contributed by atoms with Gasteiger partial charge in [0.25, 0.3) is 5.91 Å². The molecule has 0 atom stereocenters. The molecule has 0 bridgehead atoms. The van der Waals surface area contributed by atoms with E-state index in [1.165, 1.54) is 11.3 Å². The predicted molar refractivity (Wildman–Crippen MR) is 67.2 cm³/mol. The van der Waals surface area contributed by atoms with E-state index in [0.717, 1.165) is 0 Å². The molecule has 17 heavy (non-hydrogen) atoms. The van der Waals surface area contributed by atoms with Gasteiger partial charge in [-0.05, 0) is 12.1 Å². The third-order valence-electron chi connectivity index (χ3n) is 1.95. The van der Waals surface area contributed by atoms with Gasteiger partial charge in [-0.2, -0.15) is 0 Å². The minimum Gasteiger partial charge on any atom is -0.325 e. The van der Waals surface area contributed by atoms with Crippen LogP contribution < -0.4 is 11.1 Å². The number of anilines is 1. The van der Waals surface area contributed by atoms with Crippen LogP contribution >= 0.6 is 22.9 Å². The first-order valence-electron chi connectivity index (χ1n) is 4.77. The lowest BCUT2D eigenvalue weighted by molar-refractivity contribution is 0.102. The van der Waals surface area contributed by atoms with E-state index in [0.29, 0.717) is 28.1 Å². The maximum atomic E-state index is 11.8. The number of halogens is 1. The van der Waals surface area contributed by atoms with Crippen molar-refractivity contribution in [3.63, 3.8) is 0 Å². The number of thiazole rings is 1. The number of nitrogens with zero attached hydrogens (tertiary/aromatic N) is 2. The summed E-state index contributed by atoms with van der Waals surface area (Å²) in [6, 6.07) is 3.34. The van der Waals surface area contributed by atoms with E-state index in [4.69, 9.17) is 17.3 Å². The molecule has 0 saturated heterocycles. The SMILES string of the molecule is NCc1nc(C(=O)Nc2ncccc2Cl)cs1. The van der Waals surface area contributed by atoms with Gasteiger partial charge in [0.05, 0.1) is 5.02 Å². The predicted octanol–water partition coefficient (Wildman–Crippen LogP) is 1.90. The number of carbonyl (C=O) groups excluding carboxylic acids is 1. The fourth-order valence-electron chi connectivity index (χ4n) is 1.16. The fraction of sp³-hybridized carbons (Fsp3) is 0.100. The van der Waals surface area contributed by atoms with Gasteiger partial charge in [0.1, 0.15) is 10.7 Å². The van der Waals surface area contributed by atoms with E-state index >= 15 is 0 Å². The van der Waals surface area contributed by atoms with Crippen LogP contribution in [0.2, 0.25) is 5.02 Å². The van der Waals surface area contributed by atoms with E-state index in [-0.39, 0.29) is 5.91 Å². The Labute approximate surface area is 107 Å². The number of hydrogen-bond donors (Lipinski definition) is 2. The molecule has 2 aromatic rings. The van der Waals surface area contributed by atoms with Gasteiger partial charge in [-0.15, -0.1) is 11.3 Å². The van der Waals surface area contributed by atoms with Crippen LogP contribution in [0.1, 0.15) is 15.5 Å². The van der Waals surface area contributed by atoms with E-state index in [2.05, 4.69) is 15.3 Å². The van der Waals surface area contributed by atoms with Gasteiger partial charge in [0.15, 0.2) is 5.82 Å². The van der Waals surface area contributed by atoms with Crippen LogP contribution in [0.25, 0.3) is 0 Å². The van der Waals surface area contributed by atoms with Crippen LogP contribution in [0.4, 0.5) is 5.82 Å². The summed E-state index contributed by atoms with van der Waals surface area (Å²) in [5, 5.41) is 5.33. The van der Waals surface area contributed by atoms with Crippen molar-refractivity contribution in [1.82, 2.24) is 9.97 Å². The standard InChI is InChI=1S/C10H9ClN4OS/c11-6-2-1-3-13-9(6)15-10(16)7-5-17-8(4-12)14-7/h1-3,5H,4,12H2,(H,13,15,16). The number of hydrogen-bond acceptors (Lipinski definition) is 5. The highest BCUT2D eigenvalue weighted by molar-refractivity contribution is 7.09. The van der Waals surface area contributed by atoms with Crippen molar-refractivity contribution in [1.29, 1.82) is 0 Å². The number of rotatable bonds is 3. The van der Waals surface area contributed by atoms with Gasteiger partial charge in [0, 0.05) is 18.1 Å². The molecule has 0 aliphatic heterocycles. The fourth-order valence-corrected chi connectivity index (χ4v) is 1.98. The molecular formula is C10H9ClN4OS. The lowest BCUT2D eigenvalue weighted by atomic mass is 10.4. The van der Waals surface area contributed by atoms with Gasteiger partial charge in [0.2, 0.25) is 0 Å². The second kappa shape index (κ2) is 5.22. The first-order valence-corrected chi connectivity index (χ1v) is 6.03. The largest absolute Gasteiger partial charge is 0.325 e. The van der Waals surface area contributed by atoms with Crippen LogP contribution in [0.3, 0.4) is 0 Å². The Bertz CT molecular complexity index is 543. The third-order valence-corrected chi connectivity index (χ3v) is 3.13. The first-order chi connectivity index (χ1) is 8.20. The molecule has 0 unspecified atom stereocenters. The van der Waals surface area contributed by atoms with Crippen molar-refractivity contribution in [3.8, 4) is 0 Å².